The number of nitrogens with zero attached hydrogens (tertiary/aromatic N) is 2. The van der Waals surface area contributed by atoms with Gasteiger partial charge in [0.05, 0.1) is 29.4 Å². The van der Waals surface area contributed by atoms with Crippen LogP contribution in [-0.4, -0.2) is 36.9 Å². The van der Waals surface area contributed by atoms with Crippen molar-refractivity contribution in [3.05, 3.63) is 57.1 Å². The molecule has 2 rings (SSSR count). The molecule has 0 fully saturated rings. The smallest absolute Gasteiger partial charge is 0.448 e. The molecule has 0 aromatic heterocycles. The van der Waals surface area contributed by atoms with Gasteiger partial charge in [-0.1, -0.05) is 6.07 Å². The molecule has 0 heterocycles. The first-order valence-electron chi connectivity index (χ1n) is 10.5. The number of nitrogens with one attached hydrogen (secondary N) is 2. The minimum atomic E-state index is -6.91. The predicted molar refractivity (Wildman–Crippen MR) is 123 cm³/mol. The maximum atomic E-state index is 14.9. The second-order valence-electron chi connectivity index (χ2n) is 7.87. The molecule has 0 radical (unpaired) electrons. The third kappa shape index (κ3) is 6.25. The van der Waals surface area contributed by atoms with Crippen molar-refractivity contribution in [2.24, 2.45) is 0 Å². The van der Waals surface area contributed by atoms with E-state index in [9.17, 15) is 54.4 Å². The van der Waals surface area contributed by atoms with Crippen LogP contribution in [0.25, 0.3) is 0 Å². The van der Waals surface area contributed by atoms with Crippen molar-refractivity contribution in [2.75, 3.05) is 17.2 Å². The van der Waals surface area contributed by atoms with Crippen LogP contribution in [-0.2, 0) is 10.4 Å². The Bertz CT molecular complexity index is 1370. The SMILES string of the molecule is Cc1cc(C(F)(C(F)(F)F)C(F)(F)C(F)(F)F)cc(Br)c1NC(=O)c1ccc(C#N)c(NC(=O)OCCC#N)c1. The fourth-order valence-electron chi connectivity index (χ4n) is 3.23. The van der Waals surface area contributed by atoms with Crippen LogP contribution in [0, 0.1) is 29.6 Å². The number of aryl methyl sites for hydroxylation is 1. The lowest BCUT2D eigenvalue weighted by Gasteiger charge is -2.36. The van der Waals surface area contributed by atoms with Crippen LogP contribution in [0.5, 0.6) is 0 Å². The molecule has 40 heavy (non-hydrogen) atoms. The van der Waals surface area contributed by atoms with Gasteiger partial charge in [0.1, 0.15) is 12.7 Å². The van der Waals surface area contributed by atoms with Gasteiger partial charge in [-0.2, -0.15) is 45.6 Å². The number of hydrogen-bond donors (Lipinski definition) is 2. The summed E-state index contributed by atoms with van der Waals surface area (Å²) in [5, 5.41) is 22.0. The van der Waals surface area contributed by atoms with Crippen molar-refractivity contribution in [1.29, 1.82) is 10.5 Å². The van der Waals surface area contributed by atoms with Crippen LogP contribution in [0.15, 0.2) is 34.8 Å². The molecule has 0 spiro atoms. The van der Waals surface area contributed by atoms with E-state index < -0.39 is 57.2 Å². The van der Waals surface area contributed by atoms with Crippen LogP contribution in [0.1, 0.15) is 33.5 Å². The highest BCUT2D eigenvalue weighted by molar-refractivity contribution is 9.10. The number of hydrogen-bond acceptors (Lipinski definition) is 5. The molecule has 1 atom stereocenters. The molecule has 7 nitrogen and oxygen atoms in total. The number of carbonyl (C=O) groups excluding carboxylic acids is 2. The van der Waals surface area contributed by atoms with E-state index in [0.717, 1.165) is 25.1 Å². The molecule has 0 aliphatic carbocycles. The van der Waals surface area contributed by atoms with E-state index in [1.807, 2.05) is 0 Å². The Labute approximate surface area is 227 Å². The Balaban J connectivity index is 2.46. The zero-order chi connectivity index (χ0) is 30.7. The van der Waals surface area contributed by atoms with Crippen LogP contribution in [0.2, 0.25) is 0 Å². The first kappa shape index (κ1) is 32.2. The molecule has 2 N–H and O–H groups in total. The molecular weight excluding hydrogens is 631 g/mol. The second kappa shape index (κ2) is 11.6. The molecule has 2 aromatic carbocycles. The molecule has 0 aliphatic rings. The van der Waals surface area contributed by atoms with Gasteiger partial charge in [0, 0.05) is 15.6 Å². The van der Waals surface area contributed by atoms with Crippen molar-refractivity contribution >= 4 is 39.3 Å². The van der Waals surface area contributed by atoms with E-state index in [2.05, 4.69) is 26.6 Å². The van der Waals surface area contributed by atoms with Gasteiger partial charge in [-0.15, -0.1) is 0 Å². The minimum Gasteiger partial charge on any atom is -0.448 e. The Morgan fingerprint density at radius 2 is 1.57 bits per heavy atom. The van der Waals surface area contributed by atoms with Gasteiger partial charge in [-0.25, -0.2) is 9.18 Å². The zero-order valence-corrected chi connectivity index (χ0v) is 21.3. The van der Waals surface area contributed by atoms with E-state index in [-0.39, 0.29) is 42.0 Å². The number of alkyl halides is 9. The Morgan fingerprint density at radius 3 is 2.08 bits per heavy atom. The summed E-state index contributed by atoms with van der Waals surface area (Å²) in [6, 6.07) is 6.75. The van der Waals surface area contributed by atoms with E-state index in [1.54, 1.807) is 12.1 Å². The van der Waals surface area contributed by atoms with Crippen molar-refractivity contribution in [2.45, 2.75) is 37.3 Å². The summed E-state index contributed by atoms with van der Waals surface area (Å²) in [6.45, 7) is 0.631. The van der Waals surface area contributed by atoms with Gasteiger partial charge in [-0.3, -0.25) is 10.1 Å². The summed E-state index contributed by atoms with van der Waals surface area (Å²) in [7, 11) is 0. The lowest BCUT2D eigenvalue weighted by Crippen LogP contribution is -2.59. The third-order valence-electron chi connectivity index (χ3n) is 5.19. The first-order valence-corrected chi connectivity index (χ1v) is 11.3. The highest BCUT2D eigenvalue weighted by atomic mass is 79.9. The molecular formula is C23H14BrF9N4O3. The van der Waals surface area contributed by atoms with E-state index in [4.69, 9.17) is 10.00 Å². The first-order chi connectivity index (χ1) is 18.3. The van der Waals surface area contributed by atoms with Crippen molar-refractivity contribution in [3.8, 4) is 12.1 Å². The van der Waals surface area contributed by atoms with Gasteiger partial charge < -0.3 is 10.1 Å². The van der Waals surface area contributed by atoms with E-state index in [1.165, 1.54) is 0 Å². The monoisotopic (exact) mass is 644 g/mol. The van der Waals surface area contributed by atoms with Crippen LogP contribution in [0.3, 0.4) is 0 Å². The molecule has 2 aromatic rings. The standard InChI is InChI=1S/C23H14BrF9N4O3/c1-11-7-14(20(25,22(28,29)30)21(26,27)23(31,32)33)9-15(24)17(11)37-18(38)12-3-4-13(10-35)16(8-12)36-19(39)40-6-2-5-34/h3-4,7-9H,2,6H2,1H3,(H,36,39)(H,37,38). The van der Waals surface area contributed by atoms with Crippen LogP contribution in [0.4, 0.5) is 55.7 Å². The topological polar surface area (TPSA) is 115 Å². The van der Waals surface area contributed by atoms with Crippen molar-refractivity contribution < 1.29 is 53.8 Å². The van der Waals surface area contributed by atoms with Gasteiger partial charge in [-0.05, 0) is 52.7 Å². The molecule has 0 bridgehead atoms. The van der Waals surface area contributed by atoms with Crippen molar-refractivity contribution in [1.82, 2.24) is 0 Å². The van der Waals surface area contributed by atoms with Gasteiger partial charge in [0.2, 0.25) is 0 Å². The van der Waals surface area contributed by atoms with Gasteiger partial charge in [0.15, 0.2) is 0 Å². The number of ether oxygens (including phenoxy) is 1. The fourth-order valence-corrected chi connectivity index (χ4v) is 3.89. The van der Waals surface area contributed by atoms with Crippen molar-refractivity contribution in [3.63, 3.8) is 0 Å². The molecule has 2 amide bonds. The normalized spacial score (nSPS) is 13.4. The summed E-state index contributed by atoms with van der Waals surface area (Å²) >= 11 is 2.66. The molecule has 0 saturated heterocycles. The highest BCUT2D eigenvalue weighted by Crippen LogP contribution is 2.58. The van der Waals surface area contributed by atoms with Crippen LogP contribution < -0.4 is 10.6 Å². The number of amides is 2. The summed E-state index contributed by atoms with van der Waals surface area (Å²) in [4.78, 5) is 24.6. The maximum absolute atomic E-state index is 14.9. The largest absolute Gasteiger partial charge is 0.457 e. The summed E-state index contributed by atoms with van der Waals surface area (Å²) < 4.78 is 125. The molecule has 214 valence electrons. The molecule has 0 saturated carbocycles. The predicted octanol–water partition coefficient (Wildman–Crippen LogP) is 7.27. The summed E-state index contributed by atoms with van der Waals surface area (Å²) in [5.74, 6) is -7.92. The van der Waals surface area contributed by atoms with Gasteiger partial charge >= 0.3 is 30.0 Å². The number of rotatable bonds is 7. The van der Waals surface area contributed by atoms with E-state index in [0.29, 0.717) is 0 Å². The number of benzene rings is 2. The lowest BCUT2D eigenvalue weighted by molar-refractivity contribution is -0.389. The molecule has 17 heteroatoms. The highest BCUT2D eigenvalue weighted by Gasteiger charge is 2.81. The number of nitriles is 2. The number of carbonyl (C=O) groups is 2. The summed E-state index contributed by atoms with van der Waals surface area (Å²) in [5.41, 5.74) is -9.82. The van der Waals surface area contributed by atoms with Crippen LogP contribution >= 0.6 is 15.9 Å². The number of anilines is 2. The zero-order valence-electron chi connectivity index (χ0n) is 19.7. The lowest BCUT2D eigenvalue weighted by atomic mass is 9.86. The average molecular weight is 645 g/mol. The minimum absolute atomic E-state index is 0.0265. The second-order valence-corrected chi connectivity index (χ2v) is 8.73. The number of halogens is 10. The Hall–Kier alpha value is -3.99. The fraction of sp³-hybridized carbons (Fsp3) is 0.304. The maximum Gasteiger partial charge on any atom is 0.457 e. The average Bonchev–Trinajstić information content (AvgIpc) is 2.84. The Morgan fingerprint density at radius 1 is 0.950 bits per heavy atom. The molecule has 1 unspecified atom stereocenters. The quantitative estimate of drug-likeness (QED) is 0.243. The van der Waals surface area contributed by atoms with Gasteiger partial charge in [0.25, 0.3) is 5.91 Å². The van der Waals surface area contributed by atoms with E-state index >= 15 is 0 Å². The molecule has 0 aliphatic heterocycles. The Kier molecular flexibility index (Phi) is 9.37. The summed E-state index contributed by atoms with van der Waals surface area (Å²) in [6.07, 6.45) is -14.8. The third-order valence-corrected chi connectivity index (χ3v) is 5.81.